The van der Waals surface area contributed by atoms with Crippen molar-refractivity contribution in [2.45, 2.75) is 13.2 Å². The van der Waals surface area contributed by atoms with Gasteiger partial charge in [0.15, 0.2) is 0 Å². The first-order valence-electron chi connectivity index (χ1n) is 5.28. The quantitative estimate of drug-likeness (QED) is 0.727. The summed E-state index contributed by atoms with van der Waals surface area (Å²) in [6.07, 6.45) is 0. The number of aliphatic hydroxyl groups excluding tert-OH is 1. The summed E-state index contributed by atoms with van der Waals surface area (Å²) in [7, 11) is 4.07. The second-order valence-electron chi connectivity index (χ2n) is 3.82. The third kappa shape index (κ3) is 4.42. The molecule has 0 aliphatic rings. The third-order valence-corrected chi connectivity index (χ3v) is 2.40. The van der Waals surface area contributed by atoms with Gasteiger partial charge in [-0.1, -0.05) is 24.3 Å². The second-order valence-corrected chi connectivity index (χ2v) is 3.82. The van der Waals surface area contributed by atoms with Crippen LogP contribution in [0, 0.1) is 0 Å². The Balaban J connectivity index is 2.42. The molecule has 0 aliphatic carbocycles. The molecule has 1 aromatic rings. The molecule has 84 valence electrons. The molecule has 0 unspecified atom stereocenters. The summed E-state index contributed by atoms with van der Waals surface area (Å²) < 4.78 is 0. The third-order valence-electron chi connectivity index (χ3n) is 2.40. The maximum Gasteiger partial charge on any atom is 0.0681 e. The SMILES string of the molecule is CNCCN(C)Cc1ccc(CO)cc1. The zero-order chi connectivity index (χ0) is 11.1. The van der Waals surface area contributed by atoms with Crippen molar-refractivity contribution in [3.63, 3.8) is 0 Å². The molecule has 0 amide bonds. The Morgan fingerprint density at radius 1 is 1.20 bits per heavy atom. The molecule has 0 heterocycles. The summed E-state index contributed by atoms with van der Waals surface area (Å²) >= 11 is 0. The van der Waals surface area contributed by atoms with Crippen LogP contribution in [0.3, 0.4) is 0 Å². The molecule has 0 saturated heterocycles. The van der Waals surface area contributed by atoms with Crippen LogP contribution in [0.1, 0.15) is 11.1 Å². The van der Waals surface area contributed by atoms with E-state index in [1.807, 2.05) is 19.2 Å². The summed E-state index contributed by atoms with van der Waals surface area (Å²) in [5.41, 5.74) is 2.25. The molecule has 1 aromatic carbocycles. The lowest BCUT2D eigenvalue weighted by Crippen LogP contribution is -2.26. The highest BCUT2D eigenvalue weighted by atomic mass is 16.3. The van der Waals surface area contributed by atoms with E-state index < -0.39 is 0 Å². The average molecular weight is 208 g/mol. The van der Waals surface area contributed by atoms with E-state index >= 15 is 0 Å². The van der Waals surface area contributed by atoms with Crippen LogP contribution >= 0.6 is 0 Å². The Bertz CT molecular complexity index is 271. The largest absolute Gasteiger partial charge is 0.392 e. The number of nitrogens with one attached hydrogen (secondary N) is 1. The number of benzene rings is 1. The Morgan fingerprint density at radius 2 is 1.80 bits per heavy atom. The minimum absolute atomic E-state index is 0.121. The molecule has 15 heavy (non-hydrogen) atoms. The van der Waals surface area contributed by atoms with Gasteiger partial charge in [0.2, 0.25) is 0 Å². The fourth-order valence-electron chi connectivity index (χ4n) is 1.44. The fourth-order valence-corrected chi connectivity index (χ4v) is 1.44. The first-order chi connectivity index (χ1) is 7.26. The van der Waals surface area contributed by atoms with Gasteiger partial charge in [-0.05, 0) is 25.2 Å². The van der Waals surface area contributed by atoms with Crippen molar-refractivity contribution in [2.75, 3.05) is 27.2 Å². The Morgan fingerprint density at radius 3 is 2.33 bits per heavy atom. The maximum absolute atomic E-state index is 8.91. The maximum atomic E-state index is 8.91. The molecule has 0 fully saturated rings. The molecule has 0 radical (unpaired) electrons. The molecule has 0 spiro atoms. The predicted octanol–water partition coefficient (Wildman–Crippen LogP) is 0.830. The summed E-state index contributed by atoms with van der Waals surface area (Å²) in [5.74, 6) is 0. The lowest BCUT2D eigenvalue weighted by atomic mass is 10.1. The van der Waals surface area contributed by atoms with E-state index in [1.165, 1.54) is 5.56 Å². The lowest BCUT2D eigenvalue weighted by Gasteiger charge is -2.16. The van der Waals surface area contributed by atoms with E-state index in [2.05, 4.69) is 29.4 Å². The van der Waals surface area contributed by atoms with Crippen LogP contribution in [-0.4, -0.2) is 37.2 Å². The van der Waals surface area contributed by atoms with E-state index in [0.29, 0.717) is 0 Å². The molecular weight excluding hydrogens is 188 g/mol. The van der Waals surface area contributed by atoms with Crippen LogP contribution in [0.15, 0.2) is 24.3 Å². The summed E-state index contributed by atoms with van der Waals surface area (Å²) in [6, 6.07) is 8.09. The van der Waals surface area contributed by atoms with Gasteiger partial charge in [-0.3, -0.25) is 0 Å². The van der Waals surface area contributed by atoms with Crippen molar-refractivity contribution in [1.29, 1.82) is 0 Å². The molecular formula is C12H20N2O. The highest BCUT2D eigenvalue weighted by Gasteiger charge is 1.99. The number of aliphatic hydroxyl groups is 1. The molecule has 3 heteroatoms. The van der Waals surface area contributed by atoms with Gasteiger partial charge in [0.05, 0.1) is 6.61 Å². The van der Waals surface area contributed by atoms with Crippen LogP contribution in [0.25, 0.3) is 0 Å². The molecule has 1 rings (SSSR count). The van der Waals surface area contributed by atoms with Gasteiger partial charge >= 0.3 is 0 Å². The van der Waals surface area contributed by atoms with Gasteiger partial charge < -0.3 is 15.3 Å². The second kappa shape index (κ2) is 6.56. The van der Waals surface area contributed by atoms with Crippen molar-refractivity contribution in [3.8, 4) is 0 Å². The molecule has 2 N–H and O–H groups in total. The van der Waals surface area contributed by atoms with E-state index in [9.17, 15) is 0 Å². The summed E-state index contributed by atoms with van der Waals surface area (Å²) in [6.45, 7) is 3.12. The van der Waals surface area contributed by atoms with Gasteiger partial charge in [-0.15, -0.1) is 0 Å². The Hall–Kier alpha value is -0.900. The highest BCUT2D eigenvalue weighted by molar-refractivity contribution is 5.21. The number of likely N-dealkylation sites (N-methyl/N-ethyl adjacent to an activating group) is 2. The minimum Gasteiger partial charge on any atom is -0.392 e. The van der Waals surface area contributed by atoms with Crippen molar-refractivity contribution in [1.82, 2.24) is 10.2 Å². The van der Waals surface area contributed by atoms with Gasteiger partial charge in [0, 0.05) is 19.6 Å². The van der Waals surface area contributed by atoms with E-state index in [0.717, 1.165) is 25.2 Å². The topological polar surface area (TPSA) is 35.5 Å². The van der Waals surface area contributed by atoms with E-state index in [1.54, 1.807) is 0 Å². The van der Waals surface area contributed by atoms with Crippen LogP contribution in [0.4, 0.5) is 0 Å². The zero-order valence-corrected chi connectivity index (χ0v) is 9.53. The summed E-state index contributed by atoms with van der Waals surface area (Å²) in [5, 5.41) is 12.0. The first-order valence-corrected chi connectivity index (χ1v) is 5.28. The van der Waals surface area contributed by atoms with Gasteiger partial charge in [0.25, 0.3) is 0 Å². The normalized spacial score (nSPS) is 10.9. The van der Waals surface area contributed by atoms with Gasteiger partial charge in [-0.2, -0.15) is 0 Å². The molecule has 3 nitrogen and oxygen atoms in total. The lowest BCUT2D eigenvalue weighted by molar-refractivity contribution is 0.281. The van der Waals surface area contributed by atoms with Crippen LogP contribution in [0.5, 0.6) is 0 Å². The van der Waals surface area contributed by atoms with Crippen LogP contribution < -0.4 is 5.32 Å². The number of rotatable bonds is 6. The molecule has 0 bridgehead atoms. The monoisotopic (exact) mass is 208 g/mol. The molecule has 0 atom stereocenters. The summed E-state index contributed by atoms with van der Waals surface area (Å²) in [4.78, 5) is 2.27. The standard InChI is InChI=1S/C12H20N2O/c1-13-7-8-14(2)9-11-3-5-12(10-15)6-4-11/h3-6,13,15H,7-10H2,1-2H3. The average Bonchev–Trinajstić information content (AvgIpc) is 2.27. The van der Waals surface area contributed by atoms with Gasteiger partial charge in [0.1, 0.15) is 0 Å². The molecule has 0 aromatic heterocycles. The minimum atomic E-state index is 0.121. The fraction of sp³-hybridized carbons (Fsp3) is 0.500. The van der Waals surface area contributed by atoms with E-state index in [4.69, 9.17) is 5.11 Å². The Kier molecular flexibility index (Phi) is 5.32. The van der Waals surface area contributed by atoms with Crippen molar-refractivity contribution in [3.05, 3.63) is 35.4 Å². The van der Waals surface area contributed by atoms with E-state index in [-0.39, 0.29) is 6.61 Å². The number of nitrogens with zero attached hydrogens (tertiary/aromatic N) is 1. The zero-order valence-electron chi connectivity index (χ0n) is 9.53. The smallest absolute Gasteiger partial charge is 0.0681 e. The van der Waals surface area contributed by atoms with Crippen molar-refractivity contribution < 1.29 is 5.11 Å². The van der Waals surface area contributed by atoms with Gasteiger partial charge in [-0.25, -0.2) is 0 Å². The number of hydrogen-bond donors (Lipinski definition) is 2. The van der Waals surface area contributed by atoms with Crippen LogP contribution in [-0.2, 0) is 13.2 Å². The van der Waals surface area contributed by atoms with Crippen molar-refractivity contribution in [2.24, 2.45) is 0 Å². The van der Waals surface area contributed by atoms with Crippen LogP contribution in [0.2, 0.25) is 0 Å². The Labute approximate surface area is 91.7 Å². The highest BCUT2D eigenvalue weighted by Crippen LogP contribution is 2.06. The first kappa shape index (κ1) is 12.2. The predicted molar refractivity (Wildman–Crippen MR) is 62.6 cm³/mol. The number of hydrogen-bond acceptors (Lipinski definition) is 3. The van der Waals surface area contributed by atoms with Crippen molar-refractivity contribution >= 4 is 0 Å². The molecule has 0 aliphatic heterocycles. The molecule has 0 saturated carbocycles.